The van der Waals surface area contributed by atoms with Crippen molar-refractivity contribution in [1.29, 1.82) is 0 Å². The number of aryl methyl sites for hydroxylation is 1. The maximum absolute atomic E-state index is 10.7. The van der Waals surface area contributed by atoms with Gasteiger partial charge in [-0.2, -0.15) is 0 Å². The Bertz CT molecular complexity index is 626. The second-order valence-electron chi connectivity index (χ2n) is 5.19. The van der Waals surface area contributed by atoms with E-state index in [4.69, 9.17) is 0 Å². The van der Waals surface area contributed by atoms with Gasteiger partial charge in [0.05, 0.1) is 18.5 Å². The van der Waals surface area contributed by atoms with Gasteiger partial charge in [-0.25, -0.2) is 9.13 Å². The fourth-order valence-corrected chi connectivity index (χ4v) is 2.69. The normalized spacial score (nSPS) is 17.6. The highest BCUT2D eigenvalue weighted by Gasteiger charge is 2.27. The summed E-state index contributed by atoms with van der Waals surface area (Å²) in [4.78, 5) is 12.6. The number of non-ortho nitro benzene ring substituents is 1. The molecule has 1 fully saturated rings. The first-order valence-electron chi connectivity index (χ1n) is 6.65. The van der Waals surface area contributed by atoms with Gasteiger partial charge < -0.3 is 17.3 Å². The van der Waals surface area contributed by atoms with Crippen LogP contribution in [0.15, 0.2) is 43.0 Å². The van der Waals surface area contributed by atoms with E-state index in [-0.39, 0.29) is 23.0 Å². The number of benzene rings is 1. The molecule has 1 aromatic heterocycles. The van der Waals surface area contributed by atoms with E-state index in [0.717, 1.165) is 25.2 Å². The summed E-state index contributed by atoms with van der Waals surface area (Å²) in [5, 5.41) is 10.7. The first kappa shape index (κ1) is 15.3. The smallest absolute Gasteiger partial charge is 0.269 e. The van der Waals surface area contributed by atoms with Crippen LogP contribution in [0.25, 0.3) is 0 Å². The lowest BCUT2D eigenvalue weighted by atomic mass is 10.2. The summed E-state index contributed by atoms with van der Waals surface area (Å²) in [6.45, 7) is 1.91. The van der Waals surface area contributed by atoms with Crippen LogP contribution in [0.4, 0.5) is 11.4 Å². The molecule has 1 atom stereocenters. The van der Waals surface area contributed by atoms with E-state index in [1.165, 1.54) is 0 Å². The Morgan fingerprint density at radius 2 is 2.05 bits per heavy atom. The Labute approximate surface area is 129 Å². The largest absolute Gasteiger partial charge is 1.00 e. The van der Waals surface area contributed by atoms with E-state index < -0.39 is 0 Å². The minimum Gasteiger partial charge on any atom is -1.00 e. The zero-order valence-electron chi connectivity index (χ0n) is 11.7. The minimum absolute atomic E-state index is 0. The van der Waals surface area contributed by atoms with Crippen LogP contribution in [0.2, 0.25) is 0 Å². The van der Waals surface area contributed by atoms with Crippen molar-refractivity contribution in [3.05, 3.63) is 53.1 Å². The molecule has 2 heterocycles. The molecular weight excluding hydrogens is 292 g/mol. The third kappa shape index (κ3) is 3.16. The lowest BCUT2D eigenvalue weighted by Gasteiger charge is -2.17. The van der Waals surface area contributed by atoms with E-state index in [2.05, 4.69) is 22.0 Å². The average molecular weight is 309 g/mol. The Hall–Kier alpha value is -2.08. The van der Waals surface area contributed by atoms with Gasteiger partial charge in [0.1, 0.15) is 18.4 Å². The summed E-state index contributed by atoms with van der Waals surface area (Å²) in [5.74, 6) is 0. The van der Waals surface area contributed by atoms with Gasteiger partial charge in [-0.15, -0.1) is 0 Å². The number of halogens is 1. The molecule has 6 nitrogen and oxygen atoms in total. The number of nitro benzene ring substituents is 1. The van der Waals surface area contributed by atoms with Crippen LogP contribution >= 0.6 is 0 Å². The molecule has 1 aliphatic rings. The number of hydrogen-bond acceptors (Lipinski definition) is 3. The second kappa shape index (κ2) is 6.13. The summed E-state index contributed by atoms with van der Waals surface area (Å²) in [6, 6.07) is 7.26. The standard InChI is InChI=1S/C14H17N4O2.ClH/c1-15-8-9-17(11-15)14-6-7-16(10-14)12-2-4-13(5-3-12)18(19)20;/h2-5,8-9,11,14H,6-7,10H2,1H3;1H/q+1;/p-1. The fourth-order valence-electron chi connectivity index (χ4n) is 2.69. The Morgan fingerprint density at radius 3 is 2.62 bits per heavy atom. The molecule has 112 valence electrons. The van der Waals surface area contributed by atoms with Crippen molar-refractivity contribution in [3.8, 4) is 0 Å². The lowest BCUT2D eigenvalue weighted by molar-refractivity contribution is -0.671. The van der Waals surface area contributed by atoms with Crippen molar-refractivity contribution < 1.29 is 21.9 Å². The second-order valence-corrected chi connectivity index (χ2v) is 5.19. The van der Waals surface area contributed by atoms with Crippen LogP contribution in [0, 0.1) is 10.1 Å². The Balaban J connectivity index is 0.00000161. The number of nitrogens with zero attached hydrogens (tertiary/aromatic N) is 4. The van der Waals surface area contributed by atoms with Gasteiger partial charge >= 0.3 is 0 Å². The van der Waals surface area contributed by atoms with Gasteiger partial charge in [0.25, 0.3) is 5.69 Å². The summed E-state index contributed by atoms with van der Waals surface area (Å²) in [7, 11) is 2.01. The van der Waals surface area contributed by atoms with Crippen molar-refractivity contribution in [3.63, 3.8) is 0 Å². The molecule has 21 heavy (non-hydrogen) atoms. The maximum Gasteiger partial charge on any atom is 0.269 e. The summed E-state index contributed by atoms with van der Waals surface area (Å²) in [6.07, 6.45) is 7.30. The molecule has 0 bridgehead atoms. The van der Waals surface area contributed by atoms with Gasteiger partial charge in [0, 0.05) is 30.8 Å². The molecule has 0 spiro atoms. The number of anilines is 1. The molecule has 0 aliphatic carbocycles. The number of aromatic nitrogens is 2. The van der Waals surface area contributed by atoms with Crippen LogP contribution in [-0.4, -0.2) is 22.6 Å². The third-order valence-corrected chi connectivity index (χ3v) is 3.80. The van der Waals surface area contributed by atoms with Crippen molar-refractivity contribution in [2.75, 3.05) is 18.0 Å². The third-order valence-electron chi connectivity index (χ3n) is 3.80. The number of nitro groups is 1. The van der Waals surface area contributed by atoms with Gasteiger partial charge in [0.15, 0.2) is 0 Å². The lowest BCUT2D eigenvalue weighted by Crippen LogP contribution is -3.00. The summed E-state index contributed by atoms with van der Waals surface area (Å²) >= 11 is 0. The van der Waals surface area contributed by atoms with E-state index >= 15 is 0 Å². The Kier molecular flexibility index (Phi) is 4.47. The van der Waals surface area contributed by atoms with Gasteiger partial charge in [-0.3, -0.25) is 10.1 Å². The van der Waals surface area contributed by atoms with E-state index in [0.29, 0.717) is 6.04 Å². The maximum atomic E-state index is 10.7. The average Bonchev–Trinajstić information content (AvgIpc) is 3.07. The van der Waals surface area contributed by atoms with Crippen molar-refractivity contribution in [1.82, 2.24) is 4.57 Å². The quantitative estimate of drug-likeness (QED) is 0.401. The SMILES string of the molecule is C[n+]1ccn(C2CCN(c3ccc([N+](=O)[O-])cc3)C2)c1.[Cl-]. The number of hydrogen-bond donors (Lipinski definition) is 0. The number of imidazole rings is 1. The van der Waals surface area contributed by atoms with Gasteiger partial charge in [-0.1, -0.05) is 0 Å². The predicted octanol–water partition coefficient (Wildman–Crippen LogP) is -1.32. The highest BCUT2D eigenvalue weighted by molar-refractivity contribution is 5.51. The van der Waals surface area contributed by atoms with Crippen molar-refractivity contribution >= 4 is 11.4 Å². The van der Waals surface area contributed by atoms with Crippen molar-refractivity contribution in [2.45, 2.75) is 12.5 Å². The van der Waals surface area contributed by atoms with Gasteiger partial charge in [0.2, 0.25) is 6.33 Å². The zero-order valence-corrected chi connectivity index (χ0v) is 12.5. The molecular formula is C14H17ClN4O2. The zero-order chi connectivity index (χ0) is 14.1. The summed E-state index contributed by atoms with van der Waals surface area (Å²) < 4.78 is 4.26. The minimum atomic E-state index is -0.365. The molecule has 0 amide bonds. The molecule has 1 aromatic carbocycles. The topological polar surface area (TPSA) is 55.2 Å². The van der Waals surface area contributed by atoms with E-state index in [1.807, 2.05) is 29.9 Å². The van der Waals surface area contributed by atoms with Crippen LogP contribution in [-0.2, 0) is 7.05 Å². The molecule has 0 N–H and O–H groups in total. The molecule has 0 radical (unpaired) electrons. The van der Waals surface area contributed by atoms with Gasteiger partial charge in [-0.05, 0) is 12.1 Å². The van der Waals surface area contributed by atoms with Crippen molar-refractivity contribution in [2.24, 2.45) is 7.05 Å². The van der Waals surface area contributed by atoms with Crippen LogP contribution < -0.4 is 21.9 Å². The molecule has 7 heteroatoms. The summed E-state index contributed by atoms with van der Waals surface area (Å²) in [5.41, 5.74) is 1.19. The highest BCUT2D eigenvalue weighted by atomic mass is 35.5. The van der Waals surface area contributed by atoms with Crippen LogP contribution in [0.3, 0.4) is 0 Å². The van der Waals surface area contributed by atoms with Crippen LogP contribution in [0.5, 0.6) is 0 Å². The predicted molar refractivity (Wildman–Crippen MR) is 74.6 cm³/mol. The molecule has 3 rings (SSSR count). The van der Waals surface area contributed by atoms with Crippen LogP contribution in [0.1, 0.15) is 12.5 Å². The molecule has 2 aromatic rings. The highest BCUT2D eigenvalue weighted by Crippen LogP contribution is 2.27. The molecule has 0 saturated carbocycles. The first-order valence-corrected chi connectivity index (χ1v) is 6.65. The molecule has 1 aliphatic heterocycles. The monoisotopic (exact) mass is 308 g/mol. The van der Waals surface area contributed by atoms with E-state index in [1.54, 1.807) is 12.1 Å². The fraction of sp³-hybridized carbons (Fsp3) is 0.357. The molecule has 1 unspecified atom stereocenters. The first-order chi connectivity index (χ1) is 9.63. The molecule has 1 saturated heterocycles. The number of rotatable bonds is 3. The Morgan fingerprint density at radius 1 is 1.33 bits per heavy atom. The van der Waals surface area contributed by atoms with E-state index in [9.17, 15) is 10.1 Å².